The maximum atomic E-state index is 11.3. The van der Waals surface area contributed by atoms with Gasteiger partial charge in [0, 0.05) is 20.6 Å². The van der Waals surface area contributed by atoms with Gasteiger partial charge in [-0.05, 0) is 6.92 Å². The van der Waals surface area contributed by atoms with Crippen LogP contribution in [0.3, 0.4) is 0 Å². The molecule has 1 radical (unpaired) electrons. The first-order valence-electron chi connectivity index (χ1n) is 4.00. The lowest BCUT2D eigenvalue weighted by molar-refractivity contribution is -0.127. The first-order valence-corrected chi connectivity index (χ1v) is 4.00. The minimum atomic E-state index is -0.486. The molecule has 1 heterocycles. The predicted molar refractivity (Wildman–Crippen MR) is 45.9 cm³/mol. The Kier molecular flexibility index (Phi) is 2.87. The minimum Gasteiger partial charge on any atom is -0.381 e. The van der Waals surface area contributed by atoms with E-state index in [0.29, 0.717) is 6.42 Å². The Hall–Kier alpha value is -1.10. The summed E-state index contributed by atoms with van der Waals surface area (Å²) < 4.78 is 4.90. The van der Waals surface area contributed by atoms with Crippen molar-refractivity contribution in [3.63, 3.8) is 0 Å². The van der Waals surface area contributed by atoms with Gasteiger partial charge in [0.15, 0.2) is 0 Å². The van der Waals surface area contributed by atoms with E-state index in [1.54, 1.807) is 0 Å². The molecular formula is C8H13N2O3. The van der Waals surface area contributed by atoms with E-state index in [1.165, 1.54) is 14.2 Å². The summed E-state index contributed by atoms with van der Waals surface area (Å²) in [6.07, 6.45) is 0.131. The van der Waals surface area contributed by atoms with Crippen molar-refractivity contribution in [1.82, 2.24) is 10.2 Å². The van der Waals surface area contributed by atoms with Crippen LogP contribution in [0.1, 0.15) is 6.42 Å². The number of rotatable bonds is 3. The van der Waals surface area contributed by atoms with Crippen LogP contribution in [0.15, 0.2) is 0 Å². The van der Waals surface area contributed by atoms with Crippen molar-refractivity contribution in [2.24, 2.45) is 0 Å². The number of urea groups is 1. The lowest BCUT2D eigenvalue weighted by Gasteiger charge is -2.12. The van der Waals surface area contributed by atoms with E-state index >= 15 is 0 Å². The molecular weight excluding hydrogens is 172 g/mol. The van der Waals surface area contributed by atoms with Crippen LogP contribution >= 0.6 is 0 Å². The van der Waals surface area contributed by atoms with Crippen LogP contribution in [-0.2, 0) is 9.53 Å². The Morgan fingerprint density at radius 2 is 2.31 bits per heavy atom. The largest absolute Gasteiger partial charge is 0.381 e. The molecule has 5 heteroatoms. The van der Waals surface area contributed by atoms with Crippen LogP contribution in [0.5, 0.6) is 0 Å². The van der Waals surface area contributed by atoms with E-state index < -0.39 is 6.04 Å². The summed E-state index contributed by atoms with van der Waals surface area (Å²) in [6, 6.07) is -0.849. The van der Waals surface area contributed by atoms with Crippen molar-refractivity contribution >= 4 is 11.9 Å². The van der Waals surface area contributed by atoms with Gasteiger partial charge in [-0.1, -0.05) is 0 Å². The Morgan fingerprint density at radius 3 is 2.69 bits per heavy atom. The minimum absolute atomic E-state index is 0.226. The molecule has 13 heavy (non-hydrogen) atoms. The number of hydrogen-bond acceptors (Lipinski definition) is 3. The van der Waals surface area contributed by atoms with E-state index in [0.717, 1.165) is 4.90 Å². The molecule has 1 rings (SSSR count). The molecule has 1 saturated heterocycles. The van der Waals surface area contributed by atoms with E-state index in [2.05, 4.69) is 12.2 Å². The number of likely N-dealkylation sites (N-methyl/N-ethyl adjacent to an activating group) is 1. The fourth-order valence-corrected chi connectivity index (χ4v) is 1.16. The van der Waals surface area contributed by atoms with Gasteiger partial charge >= 0.3 is 6.03 Å². The third kappa shape index (κ3) is 1.98. The molecule has 2 atom stereocenters. The fourth-order valence-electron chi connectivity index (χ4n) is 1.16. The number of carbonyl (C=O) groups excluding carboxylic acids is 2. The smallest absolute Gasteiger partial charge is 0.324 e. The number of carbonyl (C=O) groups is 2. The van der Waals surface area contributed by atoms with E-state index in [1.807, 2.05) is 0 Å². The van der Waals surface area contributed by atoms with Gasteiger partial charge in [0.05, 0.1) is 6.10 Å². The number of nitrogens with one attached hydrogen (secondary N) is 1. The summed E-state index contributed by atoms with van der Waals surface area (Å²) in [5, 5.41) is 2.54. The van der Waals surface area contributed by atoms with E-state index in [9.17, 15) is 9.59 Å². The first-order chi connectivity index (χ1) is 6.06. The molecule has 3 amide bonds. The van der Waals surface area contributed by atoms with Crippen molar-refractivity contribution in [2.45, 2.75) is 18.6 Å². The molecule has 1 N–H and O–H groups in total. The van der Waals surface area contributed by atoms with Gasteiger partial charge in [-0.25, -0.2) is 4.79 Å². The van der Waals surface area contributed by atoms with Crippen molar-refractivity contribution < 1.29 is 14.3 Å². The number of imide groups is 1. The average Bonchev–Trinajstić information content (AvgIpc) is 2.34. The number of methoxy groups -OCH3 is 1. The van der Waals surface area contributed by atoms with Gasteiger partial charge < -0.3 is 10.1 Å². The van der Waals surface area contributed by atoms with Crippen molar-refractivity contribution in [1.29, 1.82) is 0 Å². The zero-order valence-electron chi connectivity index (χ0n) is 7.74. The number of hydrogen-bond donors (Lipinski definition) is 1. The van der Waals surface area contributed by atoms with Crippen LogP contribution in [0.4, 0.5) is 4.79 Å². The molecule has 0 aromatic heterocycles. The number of nitrogens with zero attached hydrogens (tertiary/aromatic N) is 1. The highest BCUT2D eigenvalue weighted by atomic mass is 16.5. The molecule has 0 bridgehead atoms. The van der Waals surface area contributed by atoms with Gasteiger partial charge in [-0.15, -0.1) is 0 Å². The van der Waals surface area contributed by atoms with Gasteiger partial charge in [-0.3, -0.25) is 9.69 Å². The highest BCUT2D eigenvalue weighted by molar-refractivity contribution is 6.03. The van der Waals surface area contributed by atoms with Gasteiger partial charge in [0.1, 0.15) is 6.04 Å². The summed E-state index contributed by atoms with van der Waals surface area (Å²) in [4.78, 5) is 23.4. The van der Waals surface area contributed by atoms with Crippen LogP contribution in [-0.4, -0.2) is 43.1 Å². The van der Waals surface area contributed by atoms with Crippen molar-refractivity contribution in [3.8, 4) is 0 Å². The quantitative estimate of drug-likeness (QED) is 0.618. The molecule has 0 spiro atoms. The molecule has 1 fully saturated rings. The summed E-state index contributed by atoms with van der Waals surface area (Å²) in [5.41, 5.74) is 0. The second-order valence-corrected chi connectivity index (χ2v) is 2.99. The Morgan fingerprint density at radius 1 is 1.69 bits per heavy atom. The zero-order valence-corrected chi connectivity index (χ0v) is 7.74. The molecule has 2 unspecified atom stereocenters. The summed E-state index contributed by atoms with van der Waals surface area (Å²) in [6.45, 7) is 3.66. The zero-order chi connectivity index (χ0) is 10.0. The molecule has 0 saturated carbocycles. The van der Waals surface area contributed by atoms with Crippen molar-refractivity contribution in [2.75, 3.05) is 14.2 Å². The van der Waals surface area contributed by atoms with Crippen molar-refractivity contribution in [3.05, 3.63) is 6.92 Å². The fraction of sp³-hybridized carbons (Fsp3) is 0.625. The second-order valence-electron chi connectivity index (χ2n) is 2.99. The summed E-state index contributed by atoms with van der Waals surface area (Å²) in [5.74, 6) is -0.226. The predicted octanol–water partition coefficient (Wildman–Crippen LogP) is -0.224. The maximum Gasteiger partial charge on any atom is 0.324 e. The lowest BCUT2D eigenvalue weighted by Crippen LogP contribution is -2.32. The molecule has 0 aliphatic carbocycles. The van der Waals surface area contributed by atoms with Gasteiger partial charge in [0.2, 0.25) is 0 Å². The first kappa shape index (κ1) is 9.98. The van der Waals surface area contributed by atoms with Crippen LogP contribution in [0, 0.1) is 6.92 Å². The maximum absolute atomic E-state index is 11.3. The SMILES string of the molecule is [CH2]C(CC1NC(=O)N(C)C1=O)OC. The second kappa shape index (κ2) is 3.74. The monoisotopic (exact) mass is 185 g/mol. The van der Waals surface area contributed by atoms with Crippen LogP contribution < -0.4 is 5.32 Å². The van der Waals surface area contributed by atoms with Crippen LogP contribution in [0.25, 0.3) is 0 Å². The van der Waals surface area contributed by atoms with Crippen LogP contribution in [0.2, 0.25) is 0 Å². The lowest BCUT2D eigenvalue weighted by atomic mass is 10.1. The molecule has 5 nitrogen and oxygen atoms in total. The van der Waals surface area contributed by atoms with Gasteiger partial charge in [0.25, 0.3) is 5.91 Å². The molecule has 0 aromatic carbocycles. The Labute approximate surface area is 77.0 Å². The standard InChI is InChI=1S/C8H13N2O3/c1-5(13-3)4-6-7(11)10(2)8(12)9-6/h5-6H,1,4H2,2-3H3,(H,9,12). The Bertz CT molecular complexity index is 229. The molecule has 1 aliphatic rings. The van der Waals surface area contributed by atoms with Gasteiger partial charge in [-0.2, -0.15) is 0 Å². The molecule has 0 aromatic rings. The number of amides is 3. The summed E-state index contributed by atoms with van der Waals surface area (Å²) >= 11 is 0. The third-order valence-corrected chi connectivity index (χ3v) is 2.06. The Balaban J connectivity index is 2.54. The third-order valence-electron chi connectivity index (χ3n) is 2.06. The molecule has 1 aliphatic heterocycles. The molecule has 73 valence electrons. The average molecular weight is 185 g/mol. The highest BCUT2D eigenvalue weighted by Gasteiger charge is 2.35. The number of ether oxygens (including phenoxy) is 1. The van der Waals surface area contributed by atoms with E-state index in [-0.39, 0.29) is 18.0 Å². The summed E-state index contributed by atoms with van der Waals surface area (Å²) in [7, 11) is 2.96. The van der Waals surface area contributed by atoms with E-state index in [4.69, 9.17) is 4.74 Å². The normalized spacial score (nSPS) is 24.8. The topological polar surface area (TPSA) is 58.6 Å². The highest BCUT2D eigenvalue weighted by Crippen LogP contribution is 2.10.